The highest BCUT2D eigenvalue weighted by Gasteiger charge is 2.53. The Kier molecular flexibility index (Phi) is 9.27. The molecule has 2 aromatic heterocycles. The van der Waals surface area contributed by atoms with Crippen LogP contribution in [0.25, 0.3) is 0 Å². The van der Waals surface area contributed by atoms with Crippen molar-refractivity contribution in [2.75, 3.05) is 35.6 Å². The molecule has 0 saturated carbocycles. The van der Waals surface area contributed by atoms with E-state index in [0.29, 0.717) is 17.8 Å². The van der Waals surface area contributed by atoms with Gasteiger partial charge in [0.05, 0.1) is 18.7 Å². The number of carboxylic acid groups (broad SMARTS) is 2. The van der Waals surface area contributed by atoms with Crippen LogP contribution in [0.5, 0.6) is 0 Å². The van der Waals surface area contributed by atoms with Gasteiger partial charge in [-0.25, -0.2) is 9.59 Å². The van der Waals surface area contributed by atoms with Crippen LogP contribution in [0.4, 0.5) is 21.4 Å². The molecule has 3 aliphatic heterocycles. The van der Waals surface area contributed by atoms with Crippen LogP contribution >= 0.6 is 23.3 Å². The fourth-order valence-electron chi connectivity index (χ4n) is 4.90. The molecule has 0 aromatic carbocycles. The van der Waals surface area contributed by atoms with Crippen LogP contribution in [0.3, 0.4) is 0 Å². The number of amides is 4. The van der Waals surface area contributed by atoms with E-state index >= 15 is 0 Å². The molecule has 5 heterocycles. The molecular weight excluding hydrogens is 660 g/mol. The van der Waals surface area contributed by atoms with Crippen LogP contribution in [-0.4, -0.2) is 101 Å². The number of carbonyl (C=O) groups is 5. The lowest BCUT2D eigenvalue weighted by Gasteiger charge is -2.50. The average molecular weight is 693 g/mol. The number of nitrogens with zero attached hydrogens (tertiary/aromatic N) is 6. The first-order valence-corrected chi connectivity index (χ1v) is 15.9. The van der Waals surface area contributed by atoms with Crippen molar-refractivity contribution in [3.8, 4) is 0 Å². The zero-order chi connectivity index (χ0) is 34.2. The SMILES string of the molecule is Cn1c(N)c(NC(=O)N[C@H]2CCNC2)c[n+]1CC1=C(C(=O)[O-])N2C(=O)[C@@H](NC(=O)/C(=N\OC(C)(C)C(=O)O)c3nsc(N)n3)[C@H]2SC1. The van der Waals surface area contributed by atoms with Crippen LogP contribution < -0.4 is 42.5 Å². The van der Waals surface area contributed by atoms with Gasteiger partial charge in [-0.15, -0.1) is 21.1 Å². The van der Waals surface area contributed by atoms with Crippen molar-refractivity contribution in [2.24, 2.45) is 12.2 Å². The number of anilines is 3. The van der Waals surface area contributed by atoms with Crippen molar-refractivity contribution in [1.29, 1.82) is 0 Å². The molecule has 0 radical (unpaired) electrons. The van der Waals surface area contributed by atoms with Crippen molar-refractivity contribution in [3.05, 3.63) is 23.3 Å². The molecule has 2 aromatic rings. The average Bonchev–Trinajstić information content (AvgIpc) is 3.74. The van der Waals surface area contributed by atoms with Crippen molar-refractivity contribution < 1.29 is 43.7 Å². The number of fused-ring (bicyclic) bond motifs is 1. The second kappa shape index (κ2) is 13.0. The Balaban J connectivity index is 1.31. The number of nitrogens with two attached hydrogens (primary N) is 2. The van der Waals surface area contributed by atoms with Gasteiger partial charge in [-0.1, -0.05) is 5.16 Å². The van der Waals surface area contributed by atoms with Gasteiger partial charge in [-0.05, 0) is 26.8 Å². The van der Waals surface area contributed by atoms with Crippen molar-refractivity contribution in [2.45, 2.75) is 49.9 Å². The highest BCUT2D eigenvalue weighted by Crippen LogP contribution is 2.40. The molecule has 20 nitrogen and oxygen atoms in total. The van der Waals surface area contributed by atoms with Gasteiger partial charge in [-0.3, -0.25) is 19.8 Å². The number of urea groups is 1. The highest BCUT2D eigenvalue weighted by atomic mass is 32.2. The van der Waals surface area contributed by atoms with Crippen molar-refractivity contribution in [3.63, 3.8) is 0 Å². The monoisotopic (exact) mass is 692 g/mol. The topological polar surface area (TPSA) is 288 Å². The molecule has 4 amide bonds. The maximum atomic E-state index is 13.3. The Labute approximate surface area is 274 Å². The number of aliphatic carboxylic acids is 2. The number of hydrogen-bond acceptors (Lipinski definition) is 15. The summed E-state index contributed by atoms with van der Waals surface area (Å²) in [5, 5.41) is 35.7. The zero-order valence-electron chi connectivity index (χ0n) is 25.3. The van der Waals surface area contributed by atoms with Crippen molar-refractivity contribution >= 4 is 75.4 Å². The van der Waals surface area contributed by atoms with E-state index in [1.54, 1.807) is 17.9 Å². The van der Waals surface area contributed by atoms with Gasteiger partial charge in [0.1, 0.15) is 11.4 Å². The minimum absolute atomic E-state index is 0.00589. The second-order valence-corrected chi connectivity index (χ2v) is 13.1. The Morgan fingerprint density at radius 1 is 1.30 bits per heavy atom. The number of hydrogen-bond donors (Lipinski definition) is 7. The smallest absolute Gasteiger partial charge is 0.350 e. The molecule has 2 saturated heterocycles. The van der Waals surface area contributed by atoms with Gasteiger partial charge in [0, 0.05) is 35.4 Å². The zero-order valence-corrected chi connectivity index (χ0v) is 26.9. The number of carbonyl (C=O) groups excluding carboxylic acids is 4. The largest absolute Gasteiger partial charge is 0.543 e. The third-order valence-electron chi connectivity index (χ3n) is 7.56. The van der Waals surface area contributed by atoms with Gasteiger partial charge >= 0.3 is 12.0 Å². The van der Waals surface area contributed by atoms with Crippen LogP contribution in [0.1, 0.15) is 26.1 Å². The van der Waals surface area contributed by atoms with E-state index in [1.807, 2.05) is 0 Å². The predicted molar refractivity (Wildman–Crippen MR) is 164 cm³/mol. The third kappa shape index (κ3) is 6.78. The molecule has 252 valence electrons. The summed E-state index contributed by atoms with van der Waals surface area (Å²) in [6, 6.07) is -1.64. The number of thioether (sulfide) groups is 1. The molecular formula is C25H32N12O8S2. The van der Waals surface area contributed by atoms with E-state index in [2.05, 4.69) is 35.8 Å². The van der Waals surface area contributed by atoms with E-state index in [9.17, 15) is 34.2 Å². The van der Waals surface area contributed by atoms with Crippen molar-refractivity contribution in [1.82, 2.24) is 34.9 Å². The summed E-state index contributed by atoms with van der Waals surface area (Å²) < 4.78 is 7.03. The molecule has 47 heavy (non-hydrogen) atoms. The molecule has 0 bridgehead atoms. The molecule has 0 aliphatic carbocycles. The maximum Gasteiger partial charge on any atom is 0.350 e. The number of aromatic nitrogens is 4. The first kappa shape index (κ1) is 33.4. The lowest BCUT2D eigenvalue weighted by molar-refractivity contribution is -0.765. The van der Waals surface area contributed by atoms with E-state index in [1.165, 1.54) is 30.3 Å². The summed E-state index contributed by atoms with van der Waals surface area (Å²) >= 11 is 1.95. The Morgan fingerprint density at radius 2 is 2.04 bits per heavy atom. The number of β-lactam (4-membered cyclic amide) rings is 1. The predicted octanol–water partition coefficient (Wildman–Crippen LogP) is -3.50. The molecule has 0 spiro atoms. The van der Waals surface area contributed by atoms with Gasteiger partial charge in [0.15, 0.2) is 23.2 Å². The van der Waals surface area contributed by atoms with Gasteiger partial charge in [-0.2, -0.15) is 9.36 Å². The number of nitrogen functional groups attached to an aromatic ring is 2. The van der Waals surface area contributed by atoms with E-state index < -0.39 is 52.5 Å². The van der Waals surface area contributed by atoms with E-state index in [4.69, 9.17) is 16.3 Å². The summed E-state index contributed by atoms with van der Waals surface area (Å²) in [6.07, 6.45) is 2.34. The Bertz CT molecular complexity index is 1700. The summed E-state index contributed by atoms with van der Waals surface area (Å²) in [5.41, 5.74) is 9.76. The number of oxime groups is 1. The summed E-state index contributed by atoms with van der Waals surface area (Å²) in [5.74, 6) is -4.57. The van der Waals surface area contributed by atoms with Gasteiger partial charge in [0.2, 0.25) is 23.3 Å². The van der Waals surface area contributed by atoms with Crippen LogP contribution in [0, 0.1) is 0 Å². The number of carboxylic acids is 2. The fourth-order valence-corrected chi connectivity index (χ4v) is 6.67. The summed E-state index contributed by atoms with van der Waals surface area (Å²) in [4.78, 5) is 72.8. The third-order valence-corrected chi connectivity index (χ3v) is 9.44. The molecule has 0 unspecified atom stereocenters. The first-order chi connectivity index (χ1) is 22.2. The fraction of sp³-hybridized carbons (Fsp3) is 0.480. The van der Waals surface area contributed by atoms with E-state index in [0.717, 1.165) is 29.4 Å². The maximum absolute atomic E-state index is 13.3. The second-order valence-electron chi connectivity index (χ2n) is 11.2. The standard InChI is InChI=1S/C25H32N12O8S2/c1-25(2,22(42)43)45-33-13(17-32-23(27)47-34-17)18(38)31-14-19(39)37-15(21(40)41)10(9-46-20(14)37)7-36-8-12(16(26)35(36)3)30-24(44)29-11-4-5-28-6-11/h8,11,14,20,26,28H,4-7,9H2,1-3H3,(H7,27,29,30,31,32,34,38,40,41,42,43,44)/b33-13-/t11-,14+,20+/m0/s1. The van der Waals surface area contributed by atoms with Gasteiger partial charge in [0.25, 0.3) is 11.8 Å². The van der Waals surface area contributed by atoms with E-state index in [-0.39, 0.29) is 40.8 Å². The lowest BCUT2D eigenvalue weighted by Crippen LogP contribution is -2.71. The number of nitrogens with one attached hydrogen (secondary N) is 4. The number of rotatable bonds is 11. The lowest BCUT2D eigenvalue weighted by atomic mass is 10.0. The minimum atomic E-state index is -1.82. The summed E-state index contributed by atoms with van der Waals surface area (Å²) in [6.45, 7) is 3.87. The van der Waals surface area contributed by atoms with Crippen LogP contribution in [-0.2, 0) is 37.6 Å². The first-order valence-electron chi connectivity index (χ1n) is 14.1. The Hall–Kier alpha value is -4.96. The van der Waals surface area contributed by atoms with Gasteiger partial charge < -0.3 is 47.3 Å². The molecule has 3 aliphatic rings. The minimum Gasteiger partial charge on any atom is -0.543 e. The van der Waals surface area contributed by atoms with Crippen LogP contribution in [0.2, 0.25) is 0 Å². The normalized spacial score (nSPS) is 21.2. The quantitative estimate of drug-likeness (QED) is 0.0521. The molecule has 3 atom stereocenters. The molecule has 2 fully saturated rings. The highest BCUT2D eigenvalue weighted by molar-refractivity contribution is 8.00. The molecule has 5 rings (SSSR count). The summed E-state index contributed by atoms with van der Waals surface area (Å²) in [7, 11) is 1.63. The molecule has 9 N–H and O–H groups in total. The molecule has 22 heteroatoms. The Morgan fingerprint density at radius 3 is 2.66 bits per heavy atom. The van der Waals surface area contributed by atoms with Crippen LogP contribution in [0.15, 0.2) is 22.6 Å².